The van der Waals surface area contributed by atoms with Crippen LogP contribution in [-0.2, 0) is 0 Å². The second-order valence-electron chi connectivity index (χ2n) is 9.71. The Morgan fingerprint density at radius 2 is 1.05 bits per heavy atom. The summed E-state index contributed by atoms with van der Waals surface area (Å²) in [5, 5.41) is 1.97. The molecule has 0 unspecified atom stereocenters. The minimum atomic E-state index is -0.177. The van der Waals surface area contributed by atoms with Gasteiger partial charge in [0.15, 0.2) is 5.52 Å². The van der Waals surface area contributed by atoms with Gasteiger partial charge in [-0.3, -0.25) is 19.2 Å². The van der Waals surface area contributed by atoms with Crippen molar-refractivity contribution in [3.63, 3.8) is 0 Å². The minimum absolute atomic E-state index is 0.177. The molecule has 0 aliphatic rings. The molecular weight excluding hydrogens is 480 g/mol. The maximum absolute atomic E-state index is 13.6. The molecule has 0 radical (unpaired) electrons. The molecule has 0 saturated heterocycles. The van der Waals surface area contributed by atoms with Gasteiger partial charge >= 0.3 is 0 Å². The minimum Gasteiger partial charge on any atom is -0.272 e. The first-order valence-corrected chi connectivity index (χ1v) is 12.8. The van der Waals surface area contributed by atoms with Crippen molar-refractivity contribution >= 4 is 38.4 Å². The van der Waals surface area contributed by atoms with Crippen LogP contribution < -0.4 is 5.56 Å². The predicted molar refractivity (Wildman–Crippen MR) is 157 cm³/mol. The van der Waals surface area contributed by atoms with Crippen LogP contribution in [0.2, 0.25) is 0 Å². The molecule has 0 aliphatic carbocycles. The molecule has 0 atom stereocenters. The second kappa shape index (κ2) is 8.30. The maximum Gasteiger partial charge on any atom is 0.283 e. The van der Waals surface area contributed by atoms with Gasteiger partial charge in [0, 0.05) is 29.4 Å². The lowest BCUT2D eigenvalue weighted by Crippen LogP contribution is -2.15. The average molecular weight is 501 g/mol. The number of hydrogen-bond acceptors (Lipinski definition) is 4. The van der Waals surface area contributed by atoms with Gasteiger partial charge in [0.05, 0.1) is 11.0 Å². The van der Waals surface area contributed by atoms with E-state index in [1.165, 1.54) is 11.1 Å². The summed E-state index contributed by atoms with van der Waals surface area (Å²) in [5.74, 6) is 0. The summed E-state index contributed by atoms with van der Waals surface area (Å²) in [6.07, 6.45) is 4.94. The van der Waals surface area contributed by atoms with E-state index in [0.717, 1.165) is 44.1 Å². The highest BCUT2D eigenvalue weighted by atomic mass is 16.1. The molecule has 0 spiro atoms. The van der Waals surface area contributed by atoms with Crippen molar-refractivity contribution < 1.29 is 0 Å². The number of pyridine rings is 2. The normalized spacial score (nSPS) is 11.7. The van der Waals surface area contributed by atoms with Crippen LogP contribution in [0.5, 0.6) is 0 Å². The Morgan fingerprint density at radius 1 is 0.462 bits per heavy atom. The third-order valence-corrected chi connectivity index (χ3v) is 7.48. The van der Waals surface area contributed by atoms with E-state index in [9.17, 15) is 4.79 Å². The molecule has 4 heterocycles. The third kappa shape index (κ3) is 3.27. The zero-order valence-electron chi connectivity index (χ0n) is 20.7. The zero-order chi connectivity index (χ0) is 25.9. The highest BCUT2D eigenvalue weighted by molar-refractivity contribution is 6.18. The summed E-state index contributed by atoms with van der Waals surface area (Å²) in [7, 11) is 0. The van der Waals surface area contributed by atoms with E-state index in [4.69, 9.17) is 0 Å². The van der Waals surface area contributed by atoms with Gasteiger partial charge in [-0.15, -0.1) is 0 Å². The fraction of sp³-hybridized carbons (Fsp3) is 0. The highest BCUT2D eigenvalue weighted by Gasteiger charge is 2.19. The molecule has 39 heavy (non-hydrogen) atoms. The van der Waals surface area contributed by atoms with Crippen molar-refractivity contribution in [2.45, 2.75) is 0 Å². The number of nitrogens with zero attached hydrogens (tertiary/aromatic N) is 4. The summed E-state index contributed by atoms with van der Waals surface area (Å²) in [5.41, 5.74) is 9.82. The predicted octanol–water partition coefficient (Wildman–Crippen LogP) is 7.38. The van der Waals surface area contributed by atoms with Crippen LogP contribution in [0.3, 0.4) is 0 Å². The fourth-order valence-electron chi connectivity index (χ4n) is 5.69. The molecule has 5 heteroatoms. The molecule has 0 fully saturated rings. The lowest BCUT2D eigenvalue weighted by Gasteiger charge is -2.11. The molecular formula is C34H20N4O. The molecule has 8 aromatic rings. The molecule has 0 N–H and O–H groups in total. The van der Waals surface area contributed by atoms with Crippen molar-refractivity contribution in [1.82, 2.24) is 19.4 Å². The molecule has 4 aromatic carbocycles. The second-order valence-corrected chi connectivity index (χ2v) is 9.71. The van der Waals surface area contributed by atoms with E-state index in [1.54, 1.807) is 23.0 Å². The van der Waals surface area contributed by atoms with Gasteiger partial charge in [-0.2, -0.15) is 0 Å². The first kappa shape index (κ1) is 21.6. The van der Waals surface area contributed by atoms with Crippen molar-refractivity contribution in [2.75, 3.05) is 0 Å². The number of fused-ring (bicyclic) bond motifs is 5. The highest BCUT2D eigenvalue weighted by Crippen LogP contribution is 2.37. The Kier molecular flexibility index (Phi) is 4.60. The van der Waals surface area contributed by atoms with Gasteiger partial charge in [-0.05, 0) is 69.8 Å². The van der Waals surface area contributed by atoms with Crippen molar-refractivity contribution in [1.29, 1.82) is 0 Å². The van der Waals surface area contributed by atoms with Crippen molar-refractivity contribution in [3.8, 4) is 33.4 Å². The van der Waals surface area contributed by atoms with E-state index in [-0.39, 0.29) is 5.56 Å². The number of hydrogen-bond donors (Lipinski definition) is 0. The summed E-state index contributed by atoms with van der Waals surface area (Å²) in [4.78, 5) is 27.0. The summed E-state index contributed by atoms with van der Waals surface area (Å²) in [6.45, 7) is 0. The Labute approximate surface area is 223 Å². The van der Waals surface area contributed by atoms with Crippen molar-refractivity contribution in [2.24, 2.45) is 0 Å². The summed E-state index contributed by atoms with van der Waals surface area (Å²) in [6, 6.07) is 35.9. The smallest absolute Gasteiger partial charge is 0.272 e. The maximum atomic E-state index is 13.6. The number of benzene rings is 4. The van der Waals surface area contributed by atoms with Gasteiger partial charge in [-0.1, -0.05) is 66.7 Å². The lowest BCUT2D eigenvalue weighted by molar-refractivity contribution is 1.16. The number of rotatable bonds is 3. The molecule has 5 nitrogen and oxygen atoms in total. The summed E-state index contributed by atoms with van der Waals surface area (Å²) >= 11 is 0. The molecule has 182 valence electrons. The molecule has 8 rings (SSSR count). The van der Waals surface area contributed by atoms with E-state index < -0.39 is 0 Å². The molecule has 0 bridgehead atoms. The Bertz CT molecular complexity index is 2180. The number of aromatic nitrogens is 4. The quantitative estimate of drug-likeness (QED) is 0.237. The van der Waals surface area contributed by atoms with Crippen LogP contribution in [0, 0.1) is 0 Å². The van der Waals surface area contributed by atoms with Gasteiger partial charge in [0.1, 0.15) is 11.0 Å². The van der Waals surface area contributed by atoms with Gasteiger partial charge < -0.3 is 0 Å². The Balaban J connectivity index is 1.42. The van der Waals surface area contributed by atoms with Crippen molar-refractivity contribution in [3.05, 3.63) is 132 Å². The summed E-state index contributed by atoms with van der Waals surface area (Å²) < 4.78 is 1.74. The van der Waals surface area contributed by atoms with Gasteiger partial charge in [0.2, 0.25) is 0 Å². The van der Waals surface area contributed by atoms with Crippen LogP contribution in [0.25, 0.3) is 71.7 Å². The van der Waals surface area contributed by atoms with E-state index in [1.807, 2.05) is 24.3 Å². The zero-order valence-corrected chi connectivity index (χ0v) is 20.7. The van der Waals surface area contributed by atoms with Crippen LogP contribution in [0.4, 0.5) is 0 Å². The standard InChI is InChI=1S/C34H20N4O/c39-34-32-30(36-15-16-37-32)31-33-27(13-14-35-31)28-20-23(11-12-29(28)38(33)34)26-18-24(21-7-3-1-4-8-21)17-25(19-26)22-9-5-2-6-10-22/h1-20H. The van der Waals surface area contributed by atoms with Gasteiger partial charge in [-0.25, -0.2) is 4.98 Å². The molecule has 4 aromatic heterocycles. The van der Waals surface area contributed by atoms with E-state index in [0.29, 0.717) is 16.6 Å². The van der Waals surface area contributed by atoms with Gasteiger partial charge in [0.25, 0.3) is 5.56 Å². The van der Waals surface area contributed by atoms with Crippen LogP contribution in [-0.4, -0.2) is 19.4 Å². The van der Waals surface area contributed by atoms with E-state index >= 15 is 0 Å². The van der Waals surface area contributed by atoms with E-state index in [2.05, 4.69) is 93.8 Å². The van der Waals surface area contributed by atoms with Crippen LogP contribution >= 0.6 is 0 Å². The molecule has 0 saturated carbocycles. The third-order valence-electron chi connectivity index (χ3n) is 7.48. The topological polar surface area (TPSA) is 60.2 Å². The first-order valence-electron chi connectivity index (χ1n) is 12.8. The largest absolute Gasteiger partial charge is 0.283 e. The SMILES string of the molecule is O=c1c2nccnc2c2nccc3c4cc(-c5cc(-c6ccccc6)cc(-c6ccccc6)c5)ccc4n1c32. The van der Waals surface area contributed by atoms with Crippen LogP contribution in [0.15, 0.2) is 127 Å². The Hall–Kier alpha value is -5.42. The first-order chi connectivity index (χ1) is 19.3. The Morgan fingerprint density at radius 3 is 1.72 bits per heavy atom. The molecule has 0 amide bonds. The monoisotopic (exact) mass is 500 g/mol. The lowest BCUT2D eigenvalue weighted by atomic mass is 9.93. The average Bonchev–Trinajstić information content (AvgIpc) is 3.35. The van der Waals surface area contributed by atoms with Crippen LogP contribution in [0.1, 0.15) is 0 Å². The fourth-order valence-corrected chi connectivity index (χ4v) is 5.69. The molecule has 0 aliphatic heterocycles.